The first kappa shape index (κ1) is 12.8. The third kappa shape index (κ3) is 2.30. The Balaban J connectivity index is 2.25. The predicted octanol–water partition coefficient (Wildman–Crippen LogP) is 2.63. The minimum absolute atomic E-state index is 0.124. The Morgan fingerprint density at radius 3 is 2.28 bits per heavy atom. The van der Waals surface area contributed by atoms with E-state index in [0.29, 0.717) is 6.07 Å². The predicted molar refractivity (Wildman–Crippen MR) is 51.5 cm³/mol. The SMILES string of the molecule is O=C(NC1(c2ccc(F)cc2F)CC1)C(F)(F)F. The van der Waals surface area contributed by atoms with Crippen LogP contribution in [0.1, 0.15) is 18.4 Å². The normalized spacial score (nSPS) is 17.4. The third-order valence-electron chi connectivity index (χ3n) is 2.81. The Labute approximate surface area is 98.8 Å². The highest BCUT2D eigenvalue weighted by molar-refractivity contribution is 5.83. The van der Waals surface area contributed by atoms with E-state index in [-0.39, 0.29) is 18.4 Å². The molecule has 7 heteroatoms. The van der Waals surface area contributed by atoms with Crippen LogP contribution in [0.3, 0.4) is 0 Å². The lowest BCUT2D eigenvalue weighted by Gasteiger charge is -2.19. The van der Waals surface area contributed by atoms with Crippen molar-refractivity contribution in [2.75, 3.05) is 0 Å². The van der Waals surface area contributed by atoms with Gasteiger partial charge in [-0.05, 0) is 18.9 Å². The van der Waals surface area contributed by atoms with Crippen molar-refractivity contribution in [3.05, 3.63) is 35.4 Å². The van der Waals surface area contributed by atoms with Gasteiger partial charge in [-0.1, -0.05) is 6.07 Å². The van der Waals surface area contributed by atoms with E-state index < -0.39 is 29.3 Å². The van der Waals surface area contributed by atoms with Crippen LogP contribution in [0.5, 0.6) is 0 Å². The number of nitrogens with one attached hydrogen (secondary N) is 1. The van der Waals surface area contributed by atoms with Gasteiger partial charge in [0, 0.05) is 11.6 Å². The number of carbonyl (C=O) groups is 1. The maximum absolute atomic E-state index is 13.5. The van der Waals surface area contributed by atoms with E-state index in [1.807, 2.05) is 0 Å². The van der Waals surface area contributed by atoms with Crippen LogP contribution in [0.2, 0.25) is 0 Å². The third-order valence-corrected chi connectivity index (χ3v) is 2.81. The van der Waals surface area contributed by atoms with Gasteiger partial charge in [-0.3, -0.25) is 4.79 Å². The maximum atomic E-state index is 13.5. The summed E-state index contributed by atoms with van der Waals surface area (Å²) in [7, 11) is 0. The number of benzene rings is 1. The molecule has 0 spiro atoms. The number of carbonyl (C=O) groups excluding carboxylic acids is 1. The van der Waals surface area contributed by atoms with Crippen molar-refractivity contribution in [3.8, 4) is 0 Å². The molecule has 1 aliphatic carbocycles. The fourth-order valence-corrected chi connectivity index (χ4v) is 1.75. The average Bonchev–Trinajstić information content (AvgIpc) is 2.96. The highest BCUT2D eigenvalue weighted by atomic mass is 19.4. The molecular weight excluding hydrogens is 257 g/mol. The molecule has 0 heterocycles. The van der Waals surface area contributed by atoms with E-state index in [2.05, 4.69) is 0 Å². The fraction of sp³-hybridized carbons (Fsp3) is 0.364. The molecular formula is C11H8F5NO. The zero-order valence-corrected chi connectivity index (χ0v) is 8.94. The molecule has 0 saturated heterocycles. The van der Waals surface area contributed by atoms with Crippen molar-refractivity contribution in [2.45, 2.75) is 24.6 Å². The number of amides is 1. The van der Waals surface area contributed by atoms with E-state index in [0.717, 1.165) is 12.1 Å². The Kier molecular flexibility index (Phi) is 2.79. The van der Waals surface area contributed by atoms with Crippen molar-refractivity contribution >= 4 is 5.91 Å². The van der Waals surface area contributed by atoms with Crippen molar-refractivity contribution in [3.63, 3.8) is 0 Å². The second kappa shape index (κ2) is 3.93. The number of alkyl halides is 3. The van der Waals surface area contributed by atoms with Crippen LogP contribution in [-0.2, 0) is 10.3 Å². The summed E-state index contributed by atoms with van der Waals surface area (Å²) in [4.78, 5) is 10.8. The summed E-state index contributed by atoms with van der Waals surface area (Å²) < 4.78 is 62.5. The van der Waals surface area contributed by atoms with Gasteiger partial charge in [0.05, 0.1) is 5.54 Å². The minimum atomic E-state index is -5.02. The maximum Gasteiger partial charge on any atom is 0.471 e. The molecule has 1 aliphatic rings. The molecule has 0 aliphatic heterocycles. The molecule has 0 unspecified atom stereocenters. The van der Waals surface area contributed by atoms with Gasteiger partial charge in [-0.15, -0.1) is 0 Å². The standard InChI is InChI=1S/C11H8F5NO/c12-6-1-2-7(8(13)5-6)10(3-4-10)17-9(18)11(14,15)16/h1-2,5H,3-4H2,(H,17,18). The van der Waals surface area contributed by atoms with Crippen molar-refractivity contribution in [1.29, 1.82) is 0 Å². The second-order valence-corrected chi connectivity index (χ2v) is 4.16. The number of rotatable bonds is 2. The first-order valence-corrected chi connectivity index (χ1v) is 5.09. The van der Waals surface area contributed by atoms with E-state index in [1.54, 1.807) is 5.32 Å². The lowest BCUT2D eigenvalue weighted by atomic mass is 10.0. The molecule has 1 saturated carbocycles. The first-order valence-electron chi connectivity index (χ1n) is 5.09. The molecule has 0 bridgehead atoms. The Morgan fingerprint density at radius 1 is 1.22 bits per heavy atom. The van der Waals surface area contributed by atoms with E-state index in [1.165, 1.54) is 0 Å². The molecule has 98 valence electrons. The Bertz CT molecular complexity index is 493. The number of hydrogen-bond acceptors (Lipinski definition) is 1. The smallest absolute Gasteiger partial charge is 0.339 e. The van der Waals surface area contributed by atoms with Crippen LogP contribution < -0.4 is 5.32 Å². The lowest BCUT2D eigenvalue weighted by Crippen LogP contribution is -2.43. The number of hydrogen-bond donors (Lipinski definition) is 1. The van der Waals surface area contributed by atoms with Gasteiger partial charge in [0.2, 0.25) is 0 Å². The minimum Gasteiger partial charge on any atom is -0.339 e. The number of halogens is 5. The molecule has 0 atom stereocenters. The Morgan fingerprint density at radius 2 is 1.83 bits per heavy atom. The summed E-state index contributed by atoms with van der Waals surface area (Å²) in [5.74, 6) is -3.91. The Hall–Kier alpha value is -1.66. The van der Waals surface area contributed by atoms with E-state index in [9.17, 15) is 26.7 Å². The lowest BCUT2D eigenvalue weighted by molar-refractivity contribution is -0.174. The summed E-state index contributed by atoms with van der Waals surface area (Å²) in [6.07, 6.45) is -4.64. The van der Waals surface area contributed by atoms with Crippen molar-refractivity contribution < 1.29 is 26.7 Å². The highest BCUT2D eigenvalue weighted by Crippen LogP contribution is 2.47. The van der Waals surface area contributed by atoms with Gasteiger partial charge in [0.15, 0.2) is 0 Å². The monoisotopic (exact) mass is 265 g/mol. The van der Waals surface area contributed by atoms with Crippen molar-refractivity contribution in [1.82, 2.24) is 5.32 Å². The molecule has 1 aromatic rings. The van der Waals surface area contributed by atoms with E-state index in [4.69, 9.17) is 0 Å². The van der Waals surface area contributed by atoms with Gasteiger partial charge < -0.3 is 5.32 Å². The summed E-state index contributed by atoms with van der Waals surface area (Å²) in [5.41, 5.74) is -1.48. The second-order valence-electron chi connectivity index (χ2n) is 4.16. The summed E-state index contributed by atoms with van der Waals surface area (Å²) >= 11 is 0. The van der Waals surface area contributed by atoms with Gasteiger partial charge >= 0.3 is 12.1 Å². The van der Waals surface area contributed by atoms with Gasteiger partial charge in [0.1, 0.15) is 11.6 Å². The van der Waals surface area contributed by atoms with Crippen LogP contribution in [0, 0.1) is 11.6 Å². The quantitative estimate of drug-likeness (QED) is 0.818. The topological polar surface area (TPSA) is 29.1 Å². The van der Waals surface area contributed by atoms with Crippen molar-refractivity contribution in [2.24, 2.45) is 0 Å². The van der Waals surface area contributed by atoms with E-state index >= 15 is 0 Å². The molecule has 1 fully saturated rings. The summed E-state index contributed by atoms with van der Waals surface area (Å²) in [6, 6.07) is 2.57. The van der Waals surface area contributed by atoms with Gasteiger partial charge in [0.25, 0.3) is 0 Å². The zero-order valence-electron chi connectivity index (χ0n) is 8.94. The first-order chi connectivity index (χ1) is 8.24. The molecule has 1 N–H and O–H groups in total. The summed E-state index contributed by atoms with van der Waals surface area (Å²) in [6.45, 7) is 0. The van der Waals surface area contributed by atoms with Crippen LogP contribution in [-0.4, -0.2) is 12.1 Å². The van der Waals surface area contributed by atoms with Crippen LogP contribution in [0.15, 0.2) is 18.2 Å². The van der Waals surface area contributed by atoms with Gasteiger partial charge in [-0.25, -0.2) is 8.78 Å². The average molecular weight is 265 g/mol. The molecule has 0 aromatic heterocycles. The molecule has 0 radical (unpaired) electrons. The molecule has 2 nitrogen and oxygen atoms in total. The molecule has 18 heavy (non-hydrogen) atoms. The fourth-order valence-electron chi connectivity index (χ4n) is 1.75. The molecule has 2 rings (SSSR count). The van der Waals surface area contributed by atoms with Gasteiger partial charge in [-0.2, -0.15) is 13.2 Å². The molecule has 1 aromatic carbocycles. The summed E-state index contributed by atoms with van der Waals surface area (Å²) in [5, 5.41) is 1.76. The van der Waals surface area contributed by atoms with Crippen LogP contribution in [0.4, 0.5) is 22.0 Å². The van der Waals surface area contributed by atoms with Crippen LogP contribution >= 0.6 is 0 Å². The highest BCUT2D eigenvalue weighted by Gasteiger charge is 2.52. The largest absolute Gasteiger partial charge is 0.471 e. The molecule has 1 amide bonds. The van der Waals surface area contributed by atoms with Crippen LogP contribution in [0.25, 0.3) is 0 Å². The zero-order chi connectivity index (χ0) is 13.6.